The molecule has 1 N–H and O–H groups in total. The van der Waals surface area contributed by atoms with E-state index in [1.54, 1.807) is 29.2 Å². The van der Waals surface area contributed by atoms with Crippen molar-refractivity contribution < 1.29 is 13.2 Å². The zero-order valence-corrected chi connectivity index (χ0v) is 13.9. The number of carbonyl (C=O) groups excluding carboxylic acids is 1. The Kier molecular flexibility index (Phi) is 4.66. The first-order valence-corrected chi connectivity index (χ1v) is 9.23. The molecule has 2 aromatic carbocycles. The minimum atomic E-state index is -3.60. The number of rotatable bonds is 5. The molecule has 0 spiro atoms. The van der Waals surface area contributed by atoms with E-state index in [4.69, 9.17) is 0 Å². The van der Waals surface area contributed by atoms with E-state index in [1.807, 2.05) is 30.3 Å². The Morgan fingerprint density at radius 3 is 2.25 bits per heavy atom. The first-order valence-electron chi connectivity index (χ1n) is 7.69. The van der Waals surface area contributed by atoms with Crippen molar-refractivity contribution in [1.29, 1.82) is 0 Å². The van der Waals surface area contributed by atoms with Gasteiger partial charge in [-0.25, -0.2) is 8.42 Å². The highest BCUT2D eigenvalue weighted by Crippen LogP contribution is 2.16. The SMILES string of the molecule is O=C(c1ccc(NS(=O)(=O)/C=C/c2ccccc2)cc1)N1CCC1. The van der Waals surface area contributed by atoms with Crippen LogP contribution in [0.1, 0.15) is 22.3 Å². The smallest absolute Gasteiger partial charge is 0.255 e. The maximum Gasteiger partial charge on any atom is 0.255 e. The minimum Gasteiger partial charge on any atom is -0.339 e. The summed E-state index contributed by atoms with van der Waals surface area (Å²) in [6.45, 7) is 1.58. The number of benzene rings is 2. The summed E-state index contributed by atoms with van der Waals surface area (Å²) in [5, 5.41) is 1.13. The molecule has 1 amide bonds. The van der Waals surface area contributed by atoms with Crippen LogP contribution in [-0.2, 0) is 10.0 Å². The van der Waals surface area contributed by atoms with Gasteiger partial charge in [0.05, 0.1) is 5.41 Å². The second-order valence-corrected chi connectivity index (χ2v) is 7.15. The third kappa shape index (κ3) is 4.02. The van der Waals surface area contributed by atoms with Crippen LogP contribution in [0.5, 0.6) is 0 Å². The van der Waals surface area contributed by atoms with E-state index < -0.39 is 10.0 Å². The fourth-order valence-corrected chi connectivity index (χ4v) is 3.18. The molecule has 1 aliphatic rings. The van der Waals surface area contributed by atoms with Crippen LogP contribution in [0.2, 0.25) is 0 Å². The molecule has 0 aromatic heterocycles. The summed E-state index contributed by atoms with van der Waals surface area (Å²) in [5.74, 6) is -0.0142. The first-order chi connectivity index (χ1) is 11.5. The van der Waals surface area contributed by atoms with Gasteiger partial charge in [0.2, 0.25) is 0 Å². The maximum atomic E-state index is 12.1. The van der Waals surface area contributed by atoms with Gasteiger partial charge in [0, 0.05) is 24.3 Å². The normalized spacial score (nSPS) is 14.4. The van der Waals surface area contributed by atoms with Gasteiger partial charge in [0.15, 0.2) is 0 Å². The van der Waals surface area contributed by atoms with Gasteiger partial charge in [0.25, 0.3) is 15.9 Å². The van der Waals surface area contributed by atoms with Gasteiger partial charge in [-0.05, 0) is 42.3 Å². The van der Waals surface area contributed by atoms with Crippen molar-refractivity contribution >= 4 is 27.7 Å². The fraction of sp³-hybridized carbons (Fsp3) is 0.167. The Bertz CT molecular complexity index is 840. The number of hydrogen-bond acceptors (Lipinski definition) is 3. The van der Waals surface area contributed by atoms with Crippen LogP contribution in [0.3, 0.4) is 0 Å². The van der Waals surface area contributed by atoms with Gasteiger partial charge in [-0.3, -0.25) is 9.52 Å². The number of sulfonamides is 1. The summed E-state index contributed by atoms with van der Waals surface area (Å²) >= 11 is 0. The molecule has 0 saturated carbocycles. The first kappa shape index (κ1) is 16.3. The van der Waals surface area contributed by atoms with Gasteiger partial charge in [-0.2, -0.15) is 0 Å². The lowest BCUT2D eigenvalue weighted by molar-refractivity contribution is 0.0652. The van der Waals surface area contributed by atoms with Crippen LogP contribution in [0, 0.1) is 0 Å². The quantitative estimate of drug-likeness (QED) is 0.908. The topological polar surface area (TPSA) is 66.5 Å². The van der Waals surface area contributed by atoms with E-state index >= 15 is 0 Å². The van der Waals surface area contributed by atoms with Gasteiger partial charge < -0.3 is 4.90 Å². The molecule has 5 nitrogen and oxygen atoms in total. The average molecular weight is 342 g/mol. The third-order valence-corrected chi connectivity index (χ3v) is 4.79. The van der Waals surface area contributed by atoms with Gasteiger partial charge in [0.1, 0.15) is 0 Å². The molecule has 6 heteroatoms. The molecular weight excluding hydrogens is 324 g/mol. The van der Waals surface area contributed by atoms with Gasteiger partial charge >= 0.3 is 0 Å². The summed E-state index contributed by atoms with van der Waals surface area (Å²) in [6, 6.07) is 15.7. The van der Waals surface area contributed by atoms with E-state index in [-0.39, 0.29) is 5.91 Å². The summed E-state index contributed by atoms with van der Waals surface area (Å²) < 4.78 is 26.6. The Labute approximate surface area is 141 Å². The van der Waals surface area contributed by atoms with Crippen LogP contribution in [-0.4, -0.2) is 32.3 Å². The molecule has 3 rings (SSSR count). The molecule has 1 saturated heterocycles. The number of anilines is 1. The molecule has 0 atom stereocenters. The molecule has 0 radical (unpaired) electrons. The van der Waals surface area contributed by atoms with Crippen molar-refractivity contribution in [2.24, 2.45) is 0 Å². The minimum absolute atomic E-state index is 0.0142. The second-order valence-electron chi connectivity index (χ2n) is 5.58. The van der Waals surface area contributed by atoms with E-state index in [9.17, 15) is 13.2 Å². The molecule has 0 bridgehead atoms. The number of nitrogens with zero attached hydrogens (tertiary/aromatic N) is 1. The molecule has 2 aromatic rings. The number of amides is 1. The molecule has 24 heavy (non-hydrogen) atoms. The Hall–Kier alpha value is -2.60. The van der Waals surface area contributed by atoms with Crippen LogP contribution in [0.25, 0.3) is 6.08 Å². The summed E-state index contributed by atoms with van der Waals surface area (Å²) in [4.78, 5) is 13.8. The zero-order chi connectivity index (χ0) is 17.0. The second kappa shape index (κ2) is 6.88. The van der Waals surface area contributed by atoms with Crippen molar-refractivity contribution in [2.45, 2.75) is 6.42 Å². The third-order valence-electron chi connectivity index (χ3n) is 3.77. The standard InChI is InChI=1S/C18H18N2O3S/c21-18(20-12-4-13-20)16-7-9-17(10-8-16)19-24(22,23)14-11-15-5-2-1-3-6-15/h1-3,5-11,14,19H,4,12-13H2/b14-11+. The lowest BCUT2D eigenvalue weighted by Crippen LogP contribution is -2.41. The maximum absolute atomic E-state index is 12.1. The molecular formula is C18H18N2O3S. The van der Waals surface area contributed by atoms with Crippen molar-refractivity contribution in [2.75, 3.05) is 17.8 Å². The molecule has 0 unspecified atom stereocenters. The van der Waals surface area contributed by atoms with Gasteiger partial charge in [-0.1, -0.05) is 30.3 Å². The summed E-state index contributed by atoms with van der Waals surface area (Å²) in [7, 11) is -3.60. The Morgan fingerprint density at radius 1 is 1.00 bits per heavy atom. The lowest BCUT2D eigenvalue weighted by atomic mass is 10.1. The van der Waals surface area contributed by atoms with Crippen LogP contribution >= 0.6 is 0 Å². The van der Waals surface area contributed by atoms with E-state index in [1.165, 1.54) is 6.08 Å². The molecule has 1 fully saturated rings. The summed E-state index contributed by atoms with van der Waals surface area (Å²) in [5.41, 5.74) is 1.80. The number of likely N-dealkylation sites (tertiary alicyclic amines) is 1. The zero-order valence-electron chi connectivity index (χ0n) is 13.1. The predicted octanol–water partition coefficient (Wildman–Crippen LogP) is 2.95. The van der Waals surface area contributed by atoms with Crippen LogP contribution in [0.15, 0.2) is 60.0 Å². The Morgan fingerprint density at radius 2 is 1.67 bits per heavy atom. The highest BCUT2D eigenvalue weighted by atomic mass is 32.2. The highest BCUT2D eigenvalue weighted by molar-refractivity contribution is 7.95. The molecule has 124 valence electrons. The van der Waals surface area contributed by atoms with Crippen LogP contribution < -0.4 is 4.72 Å². The number of nitrogens with one attached hydrogen (secondary N) is 1. The van der Waals surface area contributed by atoms with Crippen LogP contribution in [0.4, 0.5) is 5.69 Å². The molecule has 1 heterocycles. The van der Waals surface area contributed by atoms with E-state index in [0.717, 1.165) is 30.5 Å². The average Bonchev–Trinajstić information content (AvgIpc) is 2.53. The van der Waals surface area contributed by atoms with Crippen molar-refractivity contribution in [3.63, 3.8) is 0 Å². The Balaban J connectivity index is 1.66. The van der Waals surface area contributed by atoms with E-state index in [0.29, 0.717) is 11.3 Å². The monoisotopic (exact) mass is 342 g/mol. The highest BCUT2D eigenvalue weighted by Gasteiger charge is 2.21. The predicted molar refractivity (Wildman–Crippen MR) is 95.0 cm³/mol. The number of carbonyl (C=O) groups is 1. The number of hydrogen-bond donors (Lipinski definition) is 1. The van der Waals surface area contributed by atoms with Crippen molar-refractivity contribution in [1.82, 2.24) is 4.90 Å². The van der Waals surface area contributed by atoms with Crippen molar-refractivity contribution in [3.8, 4) is 0 Å². The lowest BCUT2D eigenvalue weighted by Gasteiger charge is -2.30. The largest absolute Gasteiger partial charge is 0.339 e. The van der Waals surface area contributed by atoms with Crippen molar-refractivity contribution in [3.05, 3.63) is 71.1 Å². The molecule has 0 aliphatic carbocycles. The summed E-state index contributed by atoms with van der Waals surface area (Å²) in [6.07, 6.45) is 2.57. The fourth-order valence-electron chi connectivity index (χ4n) is 2.31. The molecule has 1 aliphatic heterocycles. The van der Waals surface area contributed by atoms with Gasteiger partial charge in [-0.15, -0.1) is 0 Å². The van der Waals surface area contributed by atoms with E-state index in [2.05, 4.69) is 4.72 Å².